The molecule has 4 unspecified atom stereocenters. The Bertz CT molecular complexity index is 199. The number of fused-ring (bicyclic) bond motifs is 4. The maximum absolute atomic E-state index is 11.0. The summed E-state index contributed by atoms with van der Waals surface area (Å²) in [6, 6.07) is 0. The Hall–Kier alpha value is -0.530. The molecule has 2 nitrogen and oxygen atoms in total. The van der Waals surface area contributed by atoms with Crippen LogP contribution in [0.15, 0.2) is 0 Å². The molecule has 54 valence electrons. The van der Waals surface area contributed by atoms with Crippen LogP contribution in [0, 0.1) is 23.7 Å². The zero-order valence-corrected chi connectivity index (χ0v) is 5.75. The highest BCUT2D eigenvalue weighted by Crippen LogP contribution is 2.60. The van der Waals surface area contributed by atoms with E-state index in [0.717, 1.165) is 18.4 Å². The first-order valence-corrected chi connectivity index (χ1v) is 4.04. The normalized spacial score (nSPS) is 55.8. The number of rotatable bonds is 0. The first-order valence-electron chi connectivity index (χ1n) is 4.04. The van der Waals surface area contributed by atoms with E-state index in [-0.39, 0.29) is 5.97 Å². The maximum Gasteiger partial charge on any atom is 0.309 e. The zero-order valence-electron chi connectivity index (χ0n) is 5.75. The smallest absolute Gasteiger partial charge is 0.309 e. The first-order chi connectivity index (χ1) is 4.88. The highest BCUT2D eigenvalue weighted by molar-refractivity contribution is 5.77. The van der Waals surface area contributed by atoms with Gasteiger partial charge in [0, 0.05) is 5.92 Å². The van der Waals surface area contributed by atoms with Crippen LogP contribution >= 0.6 is 0 Å². The predicted octanol–water partition coefficient (Wildman–Crippen LogP) is 0.815. The molecule has 0 N–H and O–H groups in total. The molecule has 1 heterocycles. The molecule has 0 aromatic carbocycles. The summed E-state index contributed by atoms with van der Waals surface area (Å²) in [4.78, 5) is 11.0. The molecule has 2 saturated carbocycles. The summed E-state index contributed by atoms with van der Waals surface area (Å²) in [5.41, 5.74) is 0. The average molecular weight is 138 g/mol. The molecule has 0 amide bonds. The lowest BCUT2D eigenvalue weighted by Crippen LogP contribution is -2.53. The van der Waals surface area contributed by atoms with Crippen molar-refractivity contribution in [2.24, 2.45) is 23.7 Å². The van der Waals surface area contributed by atoms with E-state index >= 15 is 0 Å². The van der Waals surface area contributed by atoms with E-state index in [9.17, 15) is 4.79 Å². The van der Waals surface area contributed by atoms with Crippen molar-refractivity contribution in [2.45, 2.75) is 12.8 Å². The number of carbonyl (C=O) groups is 1. The SMILES string of the molecule is O=C1OCC2C3CCC3C12. The van der Waals surface area contributed by atoms with E-state index < -0.39 is 0 Å². The van der Waals surface area contributed by atoms with Gasteiger partial charge in [0.15, 0.2) is 0 Å². The summed E-state index contributed by atoms with van der Waals surface area (Å²) in [5.74, 6) is 2.66. The van der Waals surface area contributed by atoms with Crippen molar-refractivity contribution in [3.63, 3.8) is 0 Å². The standard InChI is InChI=1S/C8H10O2/c9-8-7-5-2-1-4(5)6(7)3-10-8/h4-7H,1-3H2. The lowest BCUT2D eigenvalue weighted by molar-refractivity contribution is -0.151. The first kappa shape index (κ1) is 5.16. The highest BCUT2D eigenvalue weighted by atomic mass is 16.5. The third-order valence-electron chi connectivity index (χ3n) is 3.55. The minimum Gasteiger partial charge on any atom is -0.465 e. The van der Waals surface area contributed by atoms with Gasteiger partial charge < -0.3 is 4.74 Å². The van der Waals surface area contributed by atoms with Crippen LogP contribution in [0.1, 0.15) is 12.8 Å². The predicted molar refractivity (Wildman–Crippen MR) is 34.2 cm³/mol. The highest BCUT2D eigenvalue weighted by Gasteiger charge is 2.62. The Morgan fingerprint density at radius 1 is 1.20 bits per heavy atom. The second kappa shape index (κ2) is 1.39. The van der Waals surface area contributed by atoms with Crippen LogP contribution in [0.25, 0.3) is 0 Å². The second-order valence-electron chi connectivity index (χ2n) is 3.72. The summed E-state index contributed by atoms with van der Waals surface area (Å²) < 4.78 is 4.98. The fourth-order valence-corrected chi connectivity index (χ4v) is 2.82. The molecule has 2 aliphatic carbocycles. The van der Waals surface area contributed by atoms with Gasteiger partial charge in [0.05, 0.1) is 12.5 Å². The molecule has 2 heteroatoms. The summed E-state index contributed by atoms with van der Waals surface area (Å²) >= 11 is 0. The maximum atomic E-state index is 11.0. The minimum atomic E-state index is 0.0888. The third-order valence-corrected chi connectivity index (χ3v) is 3.55. The molecular weight excluding hydrogens is 128 g/mol. The number of carbonyl (C=O) groups excluding carboxylic acids is 1. The van der Waals surface area contributed by atoms with Crippen LogP contribution in [-0.4, -0.2) is 12.6 Å². The molecule has 3 aliphatic rings. The zero-order chi connectivity index (χ0) is 6.72. The summed E-state index contributed by atoms with van der Waals surface area (Å²) in [6.07, 6.45) is 2.63. The summed E-state index contributed by atoms with van der Waals surface area (Å²) in [5, 5.41) is 0. The Kier molecular flexibility index (Phi) is 0.715. The molecule has 0 spiro atoms. The summed E-state index contributed by atoms with van der Waals surface area (Å²) in [7, 11) is 0. The lowest BCUT2D eigenvalue weighted by atomic mass is 9.48. The monoisotopic (exact) mass is 138 g/mol. The van der Waals surface area contributed by atoms with Crippen molar-refractivity contribution in [1.29, 1.82) is 0 Å². The minimum absolute atomic E-state index is 0.0888. The fraction of sp³-hybridized carbons (Fsp3) is 0.875. The number of ether oxygens (including phenoxy) is 1. The van der Waals surface area contributed by atoms with Gasteiger partial charge in [-0.2, -0.15) is 0 Å². The van der Waals surface area contributed by atoms with E-state index in [0.29, 0.717) is 11.8 Å². The van der Waals surface area contributed by atoms with Crippen LogP contribution in [0.2, 0.25) is 0 Å². The lowest BCUT2D eigenvalue weighted by Gasteiger charge is -2.54. The van der Waals surface area contributed by atoms with Gasteiger partial charge in [-0.05, 0) is 24.7 Å². The number of hydrogen-bond donors (Lipinski definition) is 0. The fourth-order valence-electron chi connectivity index (χ4n) is 2.82. The van der Waals surface area contributed by atoms with Gasteiger partial charge in [-0.1, -0.05) is 0 Å². The molecule has 4 atom stereocenters. The van der Waals surface area contributed by atoms with Gasteiger partial charge in [-0.25, -0.2) is 0 Å². The molecular formula is C8H10O2. The number of hydrogen-bond acceptors (Lipinski definition) is 2. The third kappa shape index (κ3) is 0.360. The quantitative estimate of drug-likeness (QED) is 0.463. The van der Waals surface area contributed by atoms with Gasteiger partial charge in [0.25, 0.3) is 0 Å². The van der Waals surface area contributed by atoms with E-state index in [2.05, 4.69) is 0 Å². The van der Waals surface area contributed by atoms with E-state index in [1.165, 1.54) is 12.8 Å². The van der Waals surface area contributed by atoms with Crippen LogP contribution in [0.3, 0.4) is 0 Å². The van der Waals surface area contributed by atoms with Gasteiger partial charge >= 0.3 is 5.97 Å². The summed E-state index contributed by atoms with van der Waals surface area (Å²) in [6.45, 7) is 0.727. The molecule has 10 heavy (non-hydrogen) atoms. The second-order valence-corrected chi connectivity index (χ2v) is 3.72. The Morgan fingerprint density at radius 2 is 2.00 bits per heavy atom. The van der Waals surface area contributed by atoms with Gasteiger partial charge in [-0.15, -0.1) is 0 Å². The number of cyclic esters (lactones) is 1. The van der Waals surface area contributed by atoms with Gasteiger partial charge in [-0.3, -0.25) is 4.79 Å². The van der Waals surface area contributed by atoms with Crippen LogP contribution < -0.4 is 0 Å². The van der Waals surface area contributed by atoms with Gasteiger partial charge in [0.1, 0.15) is 0 Å². The Morgan fingerprint density at radius 3 is 2.60 bits per heavy atom. The van der Waals surface area contributed by atoms with Crippen molar-refractivity contribution in [2.75, 3.05) is 6.61 Å². The van der Waals surface area contributed by atoms with Crippen molar-refractivity contribution >= 4 is 5.97 Å². The van der Waals surface area contributed by atoms with Crippen molar-refractivity contribution in [3.05, 3.63) is 0 Å². The molecule has 0 aromatic rings. The van der Waals surface area contributed by atoms with Crippen LogP contribution in [0.5, 0.6) is 0 Å². The molecule has 0 bridgehead atoms. The molecule has 1 saturated heterocycles. The van der Waals surface area contributed by atoms with Crippen LogP contribution in [-0.2, 0) is 9.53 Å². The molecule has 3 rings (SSSR count). The molecule has 1 aliphatic heterocycles. The topological polar surface area (TPSA) is 26.3 Å². The molecule has 0 aromatic heterocycles. The van der Waals surface area contributed by atoms with E-state index in [1.54, 1.807) is 0 Å². The van der Waals surface area contributed by atoms with E-state index in [4.69, 9.17) is 4.74 Å². The largest absolute Gasteiger partial charge is 0.465 e. The average Bonchev–Trinajstić information content (AvgIpc) is 2.14. The van der Waals surface area contributed by atoms with Crippen molar-refractivity contribution < 1.29 is 9.53 Å². The van der Waals surface area contributed by atoms with Gasteiger partial charge in [0.2, 0.25) is 0 Å². The Labute approximate surface area is 59.6 Å². The number of esters is 1. The van der Waals surface area contributed by atoms with Crippen molar-refractivity contribution in [3.8, 4) is 0 Å². The van der Waals surface area contributed by atoms with E-state index in [1.807, 2.05) is 0 Å². The molecule has 0 radical (unpaired) electrons. The Balaban J connectivity index is 1.90. The van der Waals surface area contributed by atoms with Crippen molar-refractivity contribution in [1.82, 2.24) is 0 Å². The van der Waals surface area contributed by atoms with Crippen LogP contribution in [0.4, 0.5) is 0 Å². The molecule has 3 fully saturated rings.